The zero-order chi connectivity index (χ0) is 16.7. The number of alkyl halides is 2. The molecule has 7 heteroatoms. The van der Waals surface area contributed by atoms with Crippen LogP contribution in [-0.2, 0) is 4.79 Å². The normalized spacial score (nSPS) is 26.7. The lowest BCUT2D eigenvalue weighted by molar-refractivity contribution is -0.137. The first-order valence-corrected chi connectivity index (χ1v) is 8.47. The first-order valence-electron chi connectivity index (χ1n) is 7.71. The number of hydrogen-bond acceptors (Lipinski definition) is 3. The molecule has 23 heavy (non-hydrogen) atoms. The fourth-order valence-corrected chi connectivity index (χ4v) is 3.67. The molecule has 5 nitrogen and oxygen atoms in total. The van der Waals surface area contributed by atoms with Crippen molar-refractivity contribution < 1.29 is 9.59 Å². The molecule has 0 aromatic carbocycles. The molecule has 0 unspecified atom stereocenters. The van der Waals surface area contributed by atoms with Gasteiger partial charge in [-0.3, -0.25) is 14.6 Å². The van der Waals surface area contributed by atoms with Gasteiger partial charge in [0.2, 0.25) is 5.91 Å². The Bertz CT molecular complexity index is 615. The van der Waals surface area contributed by atoms with E-state index < -0.39 is 9.75 Å². The van der Waals surface area contributed by atoms with E-state index in [1.807, 2.05) is 6.92 Å². The van der Waals surface area contributed by atoms with E-state index in [4.69, 9.17) is 23.2 Å². The molecule has 1 saturated carbocycles. The molecule has 0 bridgehead atoms. The number of nitrogens with one attached hydrogen (secondary N) is 1. The maximum absolute atomic E-state index is 12.5. The summed E-state index contributed by atoms with van der Waals surface area (Å²) in [7, 11) is 0. The van der Waals surface area contributed by atoms with Gasteiger partial charge in [-0.05, 0) is 38.3 Å². The van der Waals surface area contributed by atoms with E-state index in [1.165, 1.54) is 0 Å². The first kappa shape index (κ1) is 16.5. The highest BCUT2D eigenvalue weighted by molar-refractivity contribution is 6.53. The third kappa shape index (κ3) is 3.17. The van der Waals surface area contributed by atoms with Crippen LogP contribution in [0.4, 0.5) is 0 Å². The van der Waals surface area contributed by atoms with Gasteiger partial charge >= 0.3 is 0 Å². The number of carbonyl (C=O) groups is 2. The molecular weight excluding hydrogens is 337 g/mol. The van der Waals surface area contributed by atoms with E-state index in [2.05, 4.69) is 10.3 Å². The van der Waals surface area contributed by atoms with Gasteiger partial charge in [-0.25, -0.2) is 0 Å². The van der Waals surface area contributed by atoms with Crippen LogP contribution in [0.25, 0.3) is 0 Å². The first-order chi connectivity index (χ1) is 10.8. The Morgan fingerprint density at radius 2 is 2.00 bits per heavy atom. The lowest BCUT2D eigenvalue weighted by atomic mass is 10.0. The highest BCUT2D eigenvalue weighted by Gasteiger charge is 2.68. The molecule has 1 aliphatic carbocycles. The van der Waals surface area contributed by atoms with Crippen molar-refractivity contribution in [2.75, 3.05) is 13.1 Å². The Labute approximate surface area is 145 Å². The average Bonchev–Trinajstić information content (AvgIpc) is 3.08. The maximum Gasteiger partial charge on any atom is 0.253 e. The van der Waals surface area contributed by atoms with E-state index >= 15 is 0 Å². The van der Waals surface area contributed by atoms with Crippen molar-refractivity contribution in [3.63, 3.8) is 0 Å². The summed E-state index contributed by atoms with van der Waals surface area (Å²) in [6.07, 6.45) is 5.13. The van der Waals surface area contributed by atoms with Crippen molar-refractivity contribution >= 4 is 35.0 Å². The summed E-state index contributed by atoms with van der Waals surface area (Å²) in [4.78, 5) is 30.4. The second-order valence-corrected chi connectivity index (χ2v) is 7.98. The lowest BCUT2D eigenvalue weighted by Crippen LogP contribution is -2.48. The molecule has 2 aliphatic rings. The minimum atomic E-state index is -0.935. The Balaban J connectivity index is 1.51. The number of carbonyl (C=O) groups excluding carboxylic acids is 2. The summed E-state index contributed by atoms with van der Waals surface area (Å²) in [5.41, 5.74) is -0.118. The summed E-state index contributed by atoms with van der Waals surface area (Å²) >= 11 is 12.2. The molecular formula is C16H19Cl2N3O2. The fourth-order valence-electron chi connectivity index (χ4n) is 2.97. The van der Waals surface area contributed by atoms with Crippen molar-refractivity contribution in [1.29, 1.82) is 0 Å². The summed E-state index contributed by atoms with van der Waals surface area (Å²) in [5, 5.41) is 3.00. The number of amides is 2. The van der Waals surface area contributed by atoms with Crippen LogP contribution in [0.1, 0.15) is 36.5 Å². The van der Waals surface area contributed by atoms with Gasteiger partial charge in [-0.1, -0.05) is 0 Å². The summed E-state index contributed by atoms with van der Waals surface area (Å²) in [5.74, 6) is -0.114. The average molecular weight is 356 g/mol. The van der Waals surface area contributed by atoms with Crippen molar-refractivity contribution in [2.24, 2.45) is 5.41 Å². The fraction of sp³-hybridized carbons (Fsp3) is 0.562. The van der Waals surface area contributed by atoms with Crippen molar-refractivity contribution in [1.82, 2.24) is 15.2 Å². The molecule has 1 atom stereocenters. The maximum atomic E-state index is 12.5. The van der Waals surface area contributed by atoms with Gasteiger partial charge in [0.25, 0.3) is 5.91 Å². The number of piperidine rings is 1. The molecule has 0 radical (unpaired) electrons. The Hall–Kier alpha value is -1.33. The van der Waals surface area contributed by atoms with Gasteiger partial charge in [0.05, 0.1) is 11.0 Å². The molecule has 1 aromatic heterocycles. The summed E-state index contributed by atoms with van der Waals surface area (Å²) < 4.78 is -0.935. The Kier molecular flexibility index (Phi) is 4.27. The van der Waals surface area contributed by atoms with Gasteiger partial charge in [-0.15, -0.1) is 23.2 Å². The largest absolute Gasteiger partial charge is 0.349 e. The van der Waals surface area contributed by atoms with Crippen molar-refractivity contribution in [3.8, 4) is 0 Å². The van der Waals surface area contributed by atoms with Crippen LogP contribution in [0.5, 0.6) is 0 Å². The molecule has 1 N–H and O–H groups in total. The number of nitrogens with zero attached hydrogens (tertiary/aromatic N) is 2. The van der Waals surface area contributed by atoms with Gasteiger partial charge < -0.3 is 10.2 Å². The van der Waals surface area contributed by atoms with Crippen LogP contribution >= 0.6 is 23.2 Å². The molecule has 0 spiro atoms. The number of halogens is 2. The Morgan fingerprint density at radius 1 is 1.35 bits per heavy atom. The molecule has 1 saturated heterocycles. The summed E-state index contributed by atoms with van der Waals surface area (Å²) in [6, 6.07) is 3.53. The number of rotatable bonds is 3. The van der Waals surface area contributed by atoms with Crippen LogP contribution < -0.4 is 5.32 Å². The van der Waals surface area contributed by atoms with Gasteiger partial charge in [0.15, 0.2) is 0 Å². The topological polar surface area (TPSA) is 62.3 Å². The SMILES string of the molecule is C[C@@]1(C(=O)N2CCC(NC(=O)c3cccnc3)CC2)CC1(Cl)Cl. The summed E-state index contributed by atoms with van der Waals surface area (Å²) in [6.45, 7) is 3.03. The van der Waals surface area contributed by atoms with E-state index in [-0.39, 0.29) is 17.9 Å². The molecule has 1 aromatic rings. The standard InChI is InChI=1S/C16H19Cl2N3O2/c1-15(10-16(15,17)18)14(23)21-7-4-12(5-8-21)20-13(22)11-3-2-6-19-9-11/h2-3,6,9,12H,4-5,7-8,10H2,1H3,(H,20,22)/t15-/m0/s1. The predicted molar refractivity (Wildman–Crippen MR) is 88.5 cm³/mol. The van der Waals surface area contributed by atoms with Gasteiger partial charge in [0, 0.05) is 31.5 Å². The van der Waals surface area contributed by atoms with E-state index in [0.717, 1.165) is 12.8 Å². The molecule has 2 amide bonds. The monoisotopic (exact) mass is 355 g/mol. The molecule has 2 fully saturated rings. The second kappa shape index (κ2) is 5.95. The molecule has 3 rings (SSSR count). The number of hydrogen-bond donors (Lipinski definition) is 1. The van der Waals surface area contributed by atoms with E-state index in [0.29, 0.717) is 25.1 Å². The molecule has 124 valence electrons. The zero-order valence-electron chi connectivity index (χ0n) is 12.9. The zero-order valence-corrected chi connectivity index (χ0v) is 14.4. The minimum Gasteiger partial charge on any atom is -0.349 e. The quantitative estimate of drug-likeness (QED) is 0.846. The molecule has 1 aliphatic heterocycles. The van der Waals surface area contributed by atoms with E-state index in [9.17, 15) is 9.59 Å². The second-order valence-electron chi connectivity index (χ2n) is 6.49. The Morgan fingerprint density at radius 3 is 2.52 bits per heavy atom. The minimum absolute atomic E-state index is 0.0135. The molecule has 2 heterocycles. The van der Waals surface area contributed by atoms with Crippen molar-refractivity contribution in [2.45, 2.75) is 36.6 Å². The van der Waals surface area contributed by atoms with E-state index in [1.54, 1.807) is 29.4 Å². The predicted octanol–water partition coefficient (Wildman–Crippen LogP) is 2.39. The van der Waals surface area contributed by atoms with Crippen molar-refractivity contribution in [3.05, 3.63) is 30.1 Å². The van der Waals surface area contributed by atoms with Crippen LogP contribution in [0.15, 0.2) is 24.5 Å². The van der Waals surface area contributed by atoms with Gasteiger partial charge in [-0.2, -0.15) is 0 Å². The third-order valence-corrected chi connectivity index (χ3v) is 5.87. The number of aromatic nitrogens is 1. The van der Waals surface area contributed by atoms with Crippen LogP contribution in [0.3, 0.4) is 0 Å². The third-order valence-electron chi connectivity index (χ3n) is 4.77. The van der Waals surface area contributed by atoms with Crippen LogP contribution in [0, 0.1) is 5.41 Å². The van der Waals surface area contributed by atoms with Crippen LogP contribution in [-0.4, -0.2) is 45.2 Å². The number of pyridine rings is 1. The smallest absolute Gasteiger partial charge is 0.253 e. The number of likely N-dealkylation sites (tertiary alicyclic amines) is 1. The lowest BCUT2D eigenvalue weighted by Gasteiger charge is -2.34. The highest BCUT2D eigenvalue weighted by atomic mass is 35.5. The van der Waals surface area contributed by atoms with Crippen LogP contribution in [0.2, 0.25) is 0 Å². The highest BCUT2D eigenvalue weighted by Crippen LogP contribution is 2.64. The van der Waals surface area contributed by atoms with Gasteiger partial charge in [0.1, 0.15) is 4.33 Å².